The largest absolute Gasteiger partial charge is 0.460 e. The molecular formula is C16H13F10N3O2S. The van der Waals surface area contributed by atoms with E-state index in [9.17, 15) is 52.3 Å². The lowest BCUT2D eigenvalue weighted by Gasteiger charge is -2.35. The minimum atomic E-state index is -7.27. The molecule has 0 saturated heterocycles. The summed E-state index contributed by atoms with van der Waals surface area (Å²) in [6.07, 6.45) is -10.3. The fraction of sp³-hybridized carbons (Fsp3) is 0.500. The fourth-order valence-electron chi connectivity index (χ4n) is 2.58. The summed E-state index contributed by atoms with van der Waals surface area (Å²) in [5.41, 5.74) is -2.03. The van der Waals surface area contributed by atoms with Gasteiger partial charge in [-0.3, -0.25) is 4.98 Å². The van der Waals surface area contributed by atoms with E-state index in [1.54, 1.807) is 0 Å². The predicted octanol–water partition coefficient (Wildman–Crippen LogP) is 4.75. The number of nitrogens with zero attached hydrogens (tertiary/aromatic N) is 3. The Kier molecular flexibility index (Phi) is 6.37. The van der Waals surface area contributed by atoms with Crippen molar-refractivity contribution in [2.45, 2.75) is 41.9 Å². The van der Waals surface area contributed by atoms with E-state index in [1.165, 1.54) is 13.0 Å². The first kappa shape index (κ1) is 25.9. The summed E-state index contributed by atoms with van der Waals surface area (Å²) < 4.78 is 157. The predicted molar refractivity (Wildman–Crippen MR) is 88.9 cm³/mol. The summed E-state index contributed by atoms with van der Waals surface area (Å²) in [6.45, 7) is 1.25. The maximum atomic E-state index is 14.4. The van der Waals surface area contributed by atoms with Gasteiger partial charge in [0, 0.05) is 13.2 Å². The van der Waals surface area contributed by atoms with Gasteiger partial charge in [0.15, 0.2) is 15.7 Å². The maximum Gasteiger partial charge on any atom is 0.460 e. The molecule has 0 radical (unpaired) electrons. The van der Waals surface area contributed by atoms with Crippen LogP contribution >= 0.6 is 0 Å². The molecule has 0 unspecified atom stereocenters. The highest BCUT2D eigenvalue weighted by atomic mass is 32.2. The number of halogens is 10. The van der Waals surface area contributed by atoms with Gasteiger partial charge >= 0.3 is 23.9 Å². The Labute approximate surface area is 174 Å². The fourth-order valence-corrected chi connectivity index (χ4v) is 3.61. The Hall–Kier alpha value is -2.39. The molecule has 0 spiro atoms. The van der Waals surface area contributed by atoms with E-state index in [0.717, 1.165) is 19.3 Å². The molecular weight excluding hydrogens is 488 g/mol. The van der Waals surface area contributed by atoms with Gasteiger partial charge in [0.05, 0.1) is 22.5 Å². The molecule has 5 nitrogen and oxygen atoms in total. The summed E-state index contributed by atoms with van der Waals surface area (Å²) in [7, 11) is -3.26. The molecule has 1 atom stereocenters. The van der Waals surface area contributed by atoms with Gasteiger partial charge in [0.25, 0.3) is 0 Å². The average molecular weight is 501 g/mol. The molecule has 2 aromatic heterocycles. The van der Waals surface area contributed by atoms with Gasteiger partial charge in [-0.1, -0.05) is 6.92 Å². The Balaban J connectivity index is 2.61. The van der Waals surface area contributed by atoms with Crippen LogP contribution in [0.5, 0.6) is 0 Å². The highest BCUT2D eigenvalue weighted by Gasteiger charge is 2.83. The summed E-state index contributed by atoms with van der Waals surface area (Å²) in [5, 5.41) is 0. The van der Waals surface area contributed by atoms with Gasteiger partial charge in [-0.15, -0.1) is 0 Å². The number of imidazole rings is 1. The van der Waals surface area contributed by atoms with Crippen molar-refractivity contribution in [1.29, 1.82) is 0 Å². The molecule has 0 aliphatic heterocycles. The normalized spacial score (nSPS) is 15.1. The van der Waals surface area contributed by atoms with Crippen LogP contribution in [0, 0.1) is 0 Å². The van der Waals surface area contributed by atoms with Crippen LogP contribution in [0.1, 0.15) is 18.8 Å². The third-order valence-corrected chi connectivity index (χ3v) is 6.23. The van der Waals surface area contributed by atoms with Crippen molar-refractivity contribution in [3.63, 3.8) is 0 Å². The number of alkyl halides is 10. The molecule has 0 aliphatic rings. The van der Waals surface area contributed by atoms with Crippen molar-refractivity contribution in [3.05, 3.63) is 30.2 Å². The molecule has 0 fully saturated rings. The molecule has 2 heterocycles. The zero-order chi connectivity index (χ0) is 24.9. The van der Waals surface area contributed by atoms with Crippen molar-refractivity contribution in [1.82, 2.24) is 14.5 Å². The van der Waals surface area contributed by atoms with Gasteiger partial charge in [-0.2, -0.15) is 39.5 Å². The maximum absolute atomic E-state index is 14.4. The summed E-state index contributed by atoms with van der Waals surface area (Å²) in [5.74, 6) is -22.1. The number of rotatable bonds is 7. The minimum Gasteiger partial charge on any atom is -0.327 e. The van der Waals surface area contributed by atoms with Crippen LogP contribution in [-0.4, -0.2) is 52.6 Å². The summed E-state index contributed by atoms with van der Waals surface area (Å²) >= 11 is 0. The molecule has 180 valence electrons. The monoisotopic (exact) mass is 501 g/mol. The molecule has 2 rings (SSSR count). The first-order chi connectivity index (χ1) is 14.3. The van der Waals surface area contributed by atoms with Crippen LogP contribution in [0.2, 0.25) is 0 Å². The lowest BCUT2D eigenvalue weighted by Crippen LogP contribution is -2.62. The van der Waals surface area contributed by atoms with Crippen molar-refractivity contribution in [2.24, 2.45) is 7.05 Å². The number of hydrogen-bond donors (Lipinski definition) is 0. The van der Waals surface area contributed by atoms with Crippen LogP contribution in [0.3, 0.4) is 0 Å². The Morgan fingerprint density at radius 1 is 1.00 bits per heavy atom. The first-order valence-corrected chi connectivity index (χ1v) is 10.0. The van der Waals surface area contributed by atoms with E-state index in [1.807, 2.05) is 0 Å². The lowest BCUT2D eigenvalue weighted by molar-refractivity contribution is -0.403. The van der Waals surface area contributed by atoms with Crippen molar-refractivity contribution >= 4 is 9.84 Å². The van der Waals surface area contributed by atoms with Crippen LogP contribution in [0.15, 0.2) is 29.4 Å². The van der Waals surface area contributed by atoms with E-state index >= 15 is 0 Å². The van der Waals surface area contributed by atoms with E-state index in [-0.39, 0.29) is 6.20 Å². The standard InChI is InChI=1S/C16H13F10N3O2S/c1-3-32(30,31)9-5-4-6-27-10(9)12-28-7-8(29(12)2)11(17)13(18,19)14(20,21)15(22,23)16(24,25)26/h4-7,11H,3H2,1-2H3/t11-/m0/s1. The van der Waals surface area contributed by atoms with E-state index < -0.39 is 67.8 Å². The number of sulfone groups is 1. The Morgan fingerprint density at radius 3 is 2.06 bits per heavy atom. The highest BCUT2D eigenvalue weighted by molar-refractivity contribution is 7.91. The molecule has 0 aromatic carbocycles. The molecule has 0 amide bonds. The van der Waals surface area contributed by atoms with Crippen LogP contribution in [0.4, 0.5) is 43.9 Å². The van der Waals surface area contributed by atoms with Gasteiger partial charge in [0.1, 0.15) is 5.69 Å². The van der Waals surface area contributed by atoms with Crippen molar-refractivity contribution in [2.75, 3.05) is 5.75 Å². The van der Waals surface area contributed by atoms with Crippen LogP contribution in [-0.2, 0) is 16.9 Å². The summed E-state index contributed by atoms with van der Waals surface area (Å²) in [4.78, 5) is 6.63. The second kappa shape index (κ2) is 7.88. The third-order valence-electron chi connectivity index (χ3n) is 4.47. The molecule has 0 aliphatic carbocycles. The second-order valence-electron chi connectivity index (χ2n) is 6.45. The van der Waals surface area contributed by atoms with Gasteiger partial charge < -0.3 is 4.57 Å². The molecule has 0 N–H and O–H groups in total. The van der Waals surface area contributed by atoms with Crippen LogP contribution < -0.4 is 0 Å². The molecule has 32 heavy (non-hydrogen) atoms. The quantitative estimate of drug-likeness (QED) is 0.514. The number of pyridine rings is 1. The van der Waals surface area contributed by atoms with Crippen molar-refractivity contribution < 1.29 is 52.3 Å². The molecule has 0 saturated carbocycles. The number of aromatic nitrogens is 3. The van der Waals surface area contributed by atoms with Crippen LogP contribution in [0.25, 0.3) is 11.5 Å². The topological polar surface area (TPSA) is 64.8 Å². The van der Waals surface area contributed by atoms with Gasteiger partial charge in [0.2, 0.25) is 6.17 Å². The molecule has 2 aromatic rings. The Bertz CT molecular complexity index is 1100. The van der Waals surface area contributed by atoms with E-state index in [0.29, 0.717) is 4.57 Å². The third kappa shape index (κ3) is 3.81. The SMILES string of the molecule is CCS(=O)(=O)c1cccnc1-c1ncc([C@H](F)C(F)(F)C(F)(F)C(F)(F)C(F)(F)F)n1C. The smallest absolute Gasteiger partial charge is 0.327 e. The van der Waals surface area contributed by atoms with E-state index in [2.05, 4.69) is 9.97 Å². The first-order valence-electron chi connectivity index (χ1n) is 8.38. The molecule has 16 heteroatoms. The second-order valence-corrected chi connectivity index (χ2v) is 8.70. The zero-order valence-electron chi connectivity index (χ0n) is 15.9. The molecule has 0 bridgehead atoms. The number of hydrogen-bond acceptors (Lipinski definition) is 4. The zero-order valence-corrected chi connectivity index (χ0v) is 16.8. The van der Waals surface area contributed by atoms with E-state index in [4.69, 9.17) is 0 Å². The van der Waals surface area contributed by atoms with Gasteiger partial charge in [-0.05, 0) is 12.1 Å². The lowest BCUT2D eigenvalue weighted by atomic mass is 9.98. The summed E-state index contributed by atoms with van der Waals surface area (Å²) in [6, 6.07) is 2.22. The Morgan fingerprint density at radius 2 is 1.56 bits per heavy atom. The van der Waals surface area contributed by atoms with Crippen molar-refractivity contribution in [3.8, 4) is 11.5 Å². The van der Waals surface area contributed by atoms with Gasteiger partial charge in [-0.25, -0.2) is 17.8 Å². The minimum absolute atomic E-state index is 0.173. The average Bonchev–Trinajstić information content (AvgIpc) is 3.07. The highest BCUT2D eigenvalue weighted by Crippen LogP contribution is 2.57.